The maximum Gasteiger partial charge on any atom is 0.222 e. The Balaban J connectivity index is 1.94. The largest absolute Gasteiger partial charge is 0.368 e. The molecule has 0 unspecified atom stereocenters. The number of nitrogens with two attached hydrogens (primary N) is 1. The zero-order chi connectivity index (χ0) is 10.8. The monoisotopic (exact) mass is 226 g/mol. The molecule has 0 saturated heterocycles. The summed E-state index contributed by atoms with van der Waals surface area (Å²) in [6.45, 7) is 2.33. The van der Waals surface area contributed by atoms with Crippen LogP contribution in [0.5, 0.6) is 0 Å². The van der Waals surface area contributed by atoms with Crippen LogP contribution < -0.4 is 5.73 Å². The van der Waals surface area contributed by atoms with E-state index in [2.05, 4.69) is 17.1 Å². The van der Waals surface area contributed by atoms with Crippen molar-refractivity contribution in [2.24, 2.45) is 13.0 Å². The van der Waals surface area contributed by atoms with Gasteiger partial charge < -0.3 is 5.73 Å². The minimum Gasteiger partial charge on any atom is -0.368 e. The van der Waals surface area contributed by atoms with E-state index in [9.17, 15) is 0 Å². The van der Waals surface area contributed by atoms with Crippen LogP contribution in [0.4, 0.5) is 5.95 Å². The highest BCUT2D eigenvalue weighted by Crippen LogP contribution is 2.34. The molecule has 0 atom stereocenters. The molecule has 5 heteroatoms. The van der Waals surface area contributed by atoms with Crippen LogP contribution in [-0.4, -0.2) is 20.0 Å². The molecule has 0 radical (unpaired) electrons. The average molecular weight is 226 g/mol. The summed E-state index contributed by atoms with van der Waals surface area (Å²) < 4.78 is 1.86. The molecule has 1 aromatic heterocycles. The van der Waals surface area contributed by atoms with Crippen molar-refractivity contribution in [2.45, 2.75) is 43.0 Å². The Bertz CT molecular complexity index is 328. The van der Waals surface area contributed by atoms with E-state index >= 15 is 0 Å². The zero-order valence-corrected chi connectivity index (χ0v) is 10.1. The van der Waals surface area contributed by atoms with Gasteiger partial charge in [-0.1, -0.05) is 18.7 Å². The van der Waals surface area contributed by atoms with E-state index in [-0.39, 0.29) is 0 Å². The molecule has 0 bridgehead atoms. The molecule has 84 valence electrons. The molecule has 0 aliphatic heterocycles. The molecule has 2 N–H and O–H groups in total. The summed E-state index contributed by atoms with van der Waals surface area (Å²) in [7, 11) is 1.92. The Morgan fingerprint density at radius 1 is 1.27 bits per heavy atom. The highest BCUT2D eigenvalue weighted by molar-refractivity contribution is 7.99. The lowest BCUT2D eigenvalue weighted by atomic mass is 9.91. The van der Waals surface area contributed by atoms with Crippen LogP contribution >= 0.6 is 11.8 Å². The maximum absolute atomic E-state index is 5.64. The van der Waals surface area contributed by atoms with Gasteiger partial charge in [-0.15, -0.1) is 10.2 Å². The Morgan fingerprint density at radius 2 is 1.93 bits per heavy atom. The summed E-state index contributed by atoms with van der Waals surface area (Å²) in [4.78, 5) is 0. The smallest absolute Gasteiger partial charge is 0.222 e. The van der Waals surface area contributed by atoms with Gasteiger partial charge >= 0.3 is 0 Å². The molecule has 0 spiro atoms. The summed E-state index contributed by atoms with van der Waals surface area (Å²) in [6.07, 6.45) is 5.26. The first-order valence-electron chi connectivity index (χ1n) is 5.48. The van der Waals surface area contributed by atoms with E-state index in [4.69, 9.17) is 5.73 Å². The van der Waals surface area contributed by atoms with Crippen molar-refractivity contribution in [2.75, 3.05) is 5.73 Å². The van der Waals surface area contributed by atoms with E-state index < -0.39 is 0 Å². The summed E-state index contributed by atoms with van der Waals surface area (Å²) >= 11 is 1.82. The topological polar surface area (TPSA) is 56.7 Å². The SMILES string of the molecule is CC1CCC(Sc2nnc(N)n2C)CC1. The summed E-state index contributed by atoms with van der Waals surface area (Å²) in [6, 6.07) is 0. The van der Waals surface area contributed by atoms with Crippen LogP contribution in [0, 0.1) is 5.92 Å². The molecular weight excluding hydrogens is 208 g/mol. The molecule has 1 heterocycles. The number of rotatable bonds is 2. The normalized spacial score (nSPS) is 26.8. The first kappa shape index (κ1) is 10.8. The number of thioether (sulfide) groups is 1. The number of aromatic nitrogens is 3. The first-order chi connectivity index (χ1) is 7.16. The molecule has 2 rings (SSSR count). The van der Waals surface area contributed by atoms with Crippen LogP contribution in [0.2, 0.25) is 0 Å². The van der Waals surface area contributed by atoms with Gasteiger partial charge in [-0.2, -0.15) is 0 Å². The van der Waals surface area contributed by atoms with Crippen molar-refractivity contribution < 1.29 is 0 Å². The fourth-order valence-electron chi connectivity index (χ4n) is 1.93. The van der Waals surface area contributed by atoms with Crippen molar-refractivity contribution in [3.8, 4) is 0 Å². The minimum atomic E-state index is 0.502. The van der Waals surface area contributed by atoms with Crippen molar-refractivity contribution in [3.05, 3.63) is 0 Å². The summed E-state index contributed by atoms with van der Waals surface area (Å²) in [5.74, 6) is 1.40. The molecule has 0 amide bonds. The molecular formula is C10H18N4S. The lowest BCUT2D eigenvalue weighted by Crippen LogP contribution is -2.14. The Labute approximate surface area is 94.6 Å². The maximum atomic E-state index is 5.64. The van der Waals surface area contributed by atoms with Crippen LogP contribution in [0.1, 0.15) is 32.6 Å². The van der Waals surface area contributed by atoms with Gasteiger partial charge in [-0.3, -0.25) is 4.57 Å². The third kappa shape index (κ3) is 2.45. The van der Waals surface area contributed by atoms with E-state index in [1.807, 2.05) is 23.4 Å². The molecule has 1 aliphatic carbocycles. The van der Waals surface area contributed by atoms with Crippen molar-refractivity contribution in [1.29, 1.82) is 0 Å². The second-order valence-corrected chi connectivity index (χ2v) is 5.67. The fourth-order valence-corrected chi connectivity index (χ4v) is 3.07. The van der Waals surface area contributed by atoms with Gasteiger partial charge in [0.1, 0.15) is 0 Å². The molecule has 0 aromatic carbocycles. The minimum absolute atomic E-state index is 0.502. The average Bonchev–Trinajstić information content (AvgIpc) is 2.53. The van der Waals surface area contributed by atoms with Gasteiger partial charge in [0.2, 0.25) is 5.95 Å². The van der Waals surface area contributed by atoms with Crippen molar-refractivity contribution >= 4 is 17.7 Å². The lowest BCUT2D eigenvalue weighted by molar-refractivity contribution is 0.392. The highest BCUT2D eigenvalue weighted by atomic mass is 32.2. The standard InChI is InChI=1S/C10H18N4S/c1-7-3-5-8(6-4-7)15-10-13-12-9(11)14(10)2/h7-8H,3-6H2,1-2H3,(H2,11,12). The number of nitrogen functional groups attached to an aromatic ring is 1. The van der Waals surface area contributed by atoms with Crippen LogP contribution in [0.15, 0.2) is 5.16 Å². The van der Waals surface area contributed by atoms with E-state index in [1.54, 1.807) is 0 Å². The Kier molecular flexibility index (Phi) is 3.19. The second kappa shape index (κ2) is 4.43. The van der Waals surface area contributed by atoms with Gasteiger partial charge in [0.15, 0.2) is 5.16 Å². The van der Waals surface area contributed by atoms with Crippen LogP contribution in [0.25, 0.3) is 0 Å². The fraction of sp³-hybridized carbons (Fsp3) is 0.800. The molecule has 4 nitrogen and oxygen atoms in total. The Hall–Kier alpha value is -0.710. The summed E-state index contributed by atoms with van der Waals surface area (Å²) in [5.41, 5.74) is 5.64. The van der Waals surface area contributed by atoms with E-state index in [0.717, 1.165) is 11.1 Å². The van der Waals surface area contributed by atoms with Gasteiger partial charge in [0.05, 0.1) is 0 Å². The van der Waals surface area contributed by atoms with Gasteiger partial charge in [-0.25, -0.2) is 0 Å². The van der Waals surface area contributed by atoms with E-state index in [0.29, 0.717) is 11.2 Å². The number of hydrogen-bond donors (Lipinski definition) is 1. The predicted octanol–water partition coefficient (Wildman–Crippen LogP) is 2.07. The molecule has 15 heavy (non-hydrogen) atoms. The zero-order valence-electron chi connectivity index (χ0n) is 9.31. The number of hydrogen-bond acceptors (Lipinski definition) is 4. The summed E-state index contributed by atoms with van der Waals surface area (Å²) in [5, 5.41) is 9.59. The van der Waals surface area contributed by atoms with Gasteiger partial charge in [0, 0.05) is 12.3 Å². The van der Waals surface area contributed by atoms with Crippen LogP contribution in [-0.2, 0) is 7.05 Å². The molecule has 1 saturated carbocycles. The second-order valence-electron chi connectivity index (χ2n) is 4.40. The van der Waals surface area contributed by atoms with Crippen molar-refractivity contribution in [3.63, 3.8) is 0 Å². The molecule has 1 aliphatic rings. The molecule has 1 aromatic rings. The quantitative estimate of drug-likeness (QED) is 0.838. The van der Waals surface area contributed by atoms with E-state index in [1.165, 1.54) is 25.7 Å². The first-order valence-corrected chi connectivity index (χ1v) is 6.36. The third-order valence-corrected chi connectivity index (χ3v) is 4.47. The molecule has 1 fully saturated rings. The number of nitrogens with zero attached hydrogens (tertiary/aromatic N) is 3. The third-order valence-electron chi connectivity index (χ3n) is 3.10. The van der Waals surface area contributed by atoms with Crippen molar-refractivity contribution in [1.82, 2.24) is 14.8 Å². The number of anilines is 1. The van der Waals surface area contributed by atoms with Gasteiger partial charge in [0.25, 0.3) is 0 Å². The highest BCUT2D eigenvalue weighted by Gasteiger charge is 2.21. The Morgan fingerprint density at radius 3 is 2.47 bits per heavy atom. The predicted molar refractivity (Wildman–Crippen MR) is 62.7 cm³/mol. The van der Waals surface area contributed by atoms with Crippen LogP contribution in [0.3, 0.4) is 0 Å². The lowest BCUT2D eigenvalue weighted by Gasteiger charge is -2.24. The van der Waals surface area contributed by atoms with Gasteiger partial charge in [-0.05, 0) is 31.6 Å².